The summed E-state index contributed by atoms with van der Waals surface area (Å²) in [6.07, 6.45) is 3.21. The van der Waals surface area contributed by atoms with Crippen molar-refractivity contribution in [3.05, 3.63) is 78.6 Å². The Morgan fingerprint density at radius 2 is 1.65 bits per heavy atom. The second-order valence-corrected chi connectivity index (χ2v) is 6.18. The molecule has 0 saturated heterocycles. The Morgan fingerprint density at radius 3 is 2.38 bits per heavy atom. The van der Waals surface area contributed by atoms with Gasteiger partial charge in [0.25, 0.3) is 0 Å². The van der Waals surface area contributed by atoms with E-state index in [4.69, 9.17) is 0 Å². The average molecular weight is 346 g/mol. The van der Waals surface area contributed by atoms with Gasteiger partial charge in [0.1, 0.15) is 0 Å². The molecule has 1 atom stereocenters. The van der Waals surface area contributed by atoms with Crippen molar-refractivity contribution >= 4 is 11.9 Å². The van der Waals surface area contributed by atoms with Crippen molar-refractivity contribution in [2.45, 2.75) is 19.5 Å². The maximum Gasteiger partial charge on any atom is 0.243 e. The van der Waals surface area contributed by atoms with E-state index in [2.05, 4.69) is 39.6 Å². The van der Waals surface area contributed by atoms with Gasteiger partial charge in [-0.3, -0.25) is 15.0 Å². The van der Waals surface area contributed by atoms with Gasteiger partial charge in [-0.2, -0.15) is 0 Å². The number of aromatic nitrogens is 2. The summed E-state index contributed by atoms with van der Waals surface area (Å²) in [6, 6.07) is 19.9. The topological polar surface area (TPSA) is 58.1 Å². The molecule has 26 heavy (non-hydrogen) atoms. The number of carbonyl (C=O) groups excluding carboxylic acids is 1. The van der Waals surface area contributed by atoms with Crippen LogP contribution in [0.1, 0.15) is 12.5 Å². The molecule has 0 fully saturated rings. The fraction of sp³-hybridized carbons (Fsp3) is 0.190. The lowest BCUT2D eigenvalue weighted by atomic mass is 9.99. The van der Waals surface area contributed by atoms with Crippen LogP contribution in [0.25, 0.3) is 11.1 Å². The fourth-order valence-electron chi connectivity index (χ4n) is 2.74. The van der Waals surface area contributed by atoms with Gasteiger partial charge in [0.15, 0.2) is 0 Å². The zero-order valence-electron chi connectivity index (χ0n) is 15.0. The number of amides is 1. The minimum Gasteiger partial charge on any atom is -0.293 e. The highest BCUT2D eigenvalue weighted by Crippen LogP contribution is 2.24. The molecule has 132 valence electrons. The van der Waals surface area contributed by atoms with E-state index in [9.17, 15) is 4.79 Å². The Bertz CT molecular complexity index is 852. The van der Waals surface area contributed by atoms with Gasteiger partial charge >= 0.3 is 0 Å². The van der Waals surface area contributed by atoms with Crippen molar-refractivity contribution in [3.8, 4) is 11.1 Å². The van der Waals surface area contributed by atoms with Crippen LogP contribution in [0, 0.1) is 0 Å². The highest BCUT2D eigenvalue weighted by Gasteiger charge is 2.20. The number of anilines is 1. The van der Waals surface area contributed by atoms with Crippen molar-refractivity contribution in [2.24, 2.45) is 0 Å². The SMILES string of the molecule is CC(C(=O)Nc1ncccn1)N(C)Cc1ccccc1-c1ccccc1. The maximum atomic E-state index is 12.5. The van der Waals surface area contributed by atoms with Gasteiger partial charge in [0, 0.05) is 18.9 Å². The summed E-state index contributed by atoms with van der Waals surface area (Å²) < 4.78 is 0. The third-order valence-corrected chi connectivity index (χ3v) is 4.36. The van der Waals surface area contributed by atoms with Crippen LogP contribution in [0.5, 0.6) is 0 Å². The number of likely N-dealkylation sites (N-methyl/N-ethyl adjacent to an activating group) is 1. The number of nitrogens with zero attached hydrogens (tertiary/aromatic N) is 3. The molecule has 0 aliphatic carbocycles. The number of hydrogen-bond acceptors (Lipinski definition) is 4. The van der Waals surface area contributed by atoms with Gasteiger partial charge in [0.2, 0.25) is 11.9 Å². The number of rotatable bonds is 6. The predicted octanol–water partition coefficient (Wildman–Crippen LogP) is 3.60. The summed E-state index contributed by atoms with van der Waals surface area (Å²) in [5.74, 6) is 0.193. The molecule has 3 rings (SSSR count). The van der Waals surface area contributed by atoms with E-state index in [-0.39, 0.29) is 11.9 Å². The Balaban J connectivity index is 1.72. The molecule has 1 N–H and O–H groups in total. The standard InChI is InChI=1S/C21H22N4O/c1-16(20(26)24-21-22-13-8-14-23-21)25(2)15-18-11-6-7-12-19(18)17-9-4-3-5-10-17/h3-14,16H,15H2,1-2H3,(H,22,23,24,26). The third kappa shape index (κ3) is 4.32. The Kier molecular flexibility index (Phi) is 5.71. The predicted molar refractivity (Wildman–Crippen MR) is 103 cm³/mol. The van der Waals surface area contributed by atoms with Gasteiger partial charge in [-0.15, -0.1) is 0 Å². The molecule has 0 aliphatic rings. The first-order chi connectivity index (χ1) is 12.6. The summed E-state index contributed by atoms with van der Waals surface area (Å²) in [5.41, 5.74) is 3.53. The molecule has 1 heterocycles. The van der Waals surface area contributed by atoms with Crippen LogP contribution in [-0.2, 0) is 11.3 Å². The van der Waals surface area contributed by atoms with E-state index >= 15 is 0 Å². The molecule has 0 radical (unpaired) electrons. The Morgan fingerprint density at radius 1 is 1.00 bits per heavy atom. The molecule has 5 nitrogen and oxygen atoms in total. The maximum absolute atomic E-state index is 12.5. The summed E-state index contributed by atoms with van der Waals surface area (Å²) in [5, 5.41) is 2.75. The molecule has 3 aromatic rings. The van der Waals surface area contributed by atoms with Crippen LogP contribution in [0.4, 0.5) is 5.95 Å². The van der Waals surface area contributed by atoms with Crippen LogP contribution in [0.15, 0.2) is 73.1 Å². The lowest BCUT2D eigenvalue weighted by Gasteiger charge is -2.24. The quantitative estimate of drug-likeness (QED) is 0.741. The zero-order chi connectivity index (χ0) is 18.4. The van der Waals surface area contributed by atoms with Gasteiger partial charge < -0.3 is 0 Å². The molecule has 1 amide bonds. The number of carbonyl (C=O) groups is 1. The van der Waals surface area contributed by atoms with Crippen LogP contribution in [0.3, 0.4) is 0 Å². The number of hydrogen-bond donors (Lipinski definition) is 1. The van der Waals surface area contributed by atoms with Crippen molar-refractivity contribution in [2.75, 3.05) is 12.4 Å². The summed E-state index contributed by atoms with van der Waals surface area (Å²) in [4.78, 5) is 22.6. The molecule has 0 aliphatic heterocycles. The minimum atomic E-state index is -0.317. The van der Waals surface area contributed by atoms with Crippen molar-refractivity contribution in [3.63, 3.8) is 0 Å². The van der Waals surface area contributed by atoms with Crippen LogP contribution >= 0.6 is 0 Å². The second-order valence-electron chi connectivity index (χ2n) is 6.18. The molecule has 5 heteroatoms. The monoisotopic (exact) mass is 346 g/mol. The van der Waals surface area contributed by atoms with Gasteiger partial charge in [-0.1, -0.05) is 54.6 Å². The molecule has 0 bridgehead atoms. The molecule has 0 saturated carbocycles. The minimum absolute atomic E-state index is 0.129. The Labute approximate surface area is 153 Å². The van der Waals surface area contributed by atoms with E-state index in [0.29, 0.717) is 12.5 Å². The van der Waals surface area contributed by atoms with Crippen molar-refractivity contribution in [1.82, 2.24) is 14.9 Å². The Hall–Kier alpha value is -3.05. The van der Waals surface area contributed by atoms with Crippen LogP contribution < -0.4 is 5.32 Å². The number of nitrogens with one attached hydrogen (secondary N) is 1. The van der Waals surface area contributed by atoms with Gasteiger partial charge in [-0.25, -0.2) is 9.97 Å². The van der Waals surface area contributed by atoms with E-state index in [1.807, 2.05) is 49.2 Å². The molecule has 0 spiro atoms. The van der Waals surface area contributed by atoms with Crippen LogP contribution in [-0.4, -0.2) is 33.9 Å². The first-order valence-corrected chi connectivity index (χ1v) is 8.56. The largest absolute Gasteiger partial charge is 0.293 e. The van der Waals surface area contributed by atoms with E-state index in [0.717, 1.165) is 0 Å². The van der Waals surface area contributed by atoms with E-state index < -0.39 is 0 Å². The summed E-state index contributed by atoms with van der Waals surface area (Å²) in [7, 11) is 1.94. The zero-order valence-corrected chi connectivity index (χ0v) is 15.0. The average Bonchev–Trinajstić information content (AvgIpc) is 2.69. The highest BCUT2D eigenvalue weighted by molar-refractivity contribution is 5.93. The van der Waals surface area contributed by atoms with Crippen LogP contribution in [0.2, 0.25) is 0 Å². The lowest BCUT2D eigenvalue weighted by Crippen LogP contribution is -2.39. The molecule has 1 unspecified atom stereocenters. The van der Waals surface area contributed by atoms with E-state index in [1.54, 1.807) is 18.5 Å². The molecular formula is C21H22N4O. The van der Waals surface area contributed by atoms with Gasteiger partial charge in [0.05, 0.1) is 6.04 Å². The first kappa shape index (κ1) is 17.8. The smallest absolute Gasteiger partial charge is 0.243 e. The fourth-order valence-corrected chi connectivity index (χ4v) is 2.74. The first-order valence-electron chi connectivity index (χ1n) is 8.56. The van der Waals surface area contributed by atoms with Crippen molar-refractivity contribution < 1.29 is 4.79 Å². The van der Waals surface area contributed by atoms with Gasteiger partial charge in [-0.05, 0) is 36.7 Å². The summed E-state index contributed by atoms with van der Waals surface area (Å²) >= 11 is 0. The number of benzene rings is 2. The lowest BCUT2D eigenvalue weighted by molar-refractivity contribution is -0.120. The third-order valence-electron chi connectivity index (χ3n) is 4.36. The highest BCUT2D eigenvalue weighted by atomic mass is 16.2. The molecule has 2 aromatic carbocycles. The molecular weight excluding hydrogens is 324 g/mol. The van der Waals surface area contributed by atoms with Crippen molar-refractivity contribution in [1.29, 1.82) is 0 Å². The van der Waals surface area contributed by atoms with E-state index in [1.165, 1.54) is 16.7 Å². The summed E-state index contributed by atoms with van der Waals surface area (Å²) in [6.45, 7) is 2.54. The molecule has 1 aromatic heterocycles. The normalized spacial score (nSPS) is 12.0. The second kappa shape index (κ2) is 8.36.